The maximum Gasteiger partial charge on any atom is 0.235 e. The number of carbonyl (C=O) groups is 2. The quantitative estimate of drug-likeness (QED) is 0.366. The number of hydrogen-bond acceptors (Lipinski definition) is 4. The van der Waals surface area contributed by atoms with Gasteiger partial charge in [0.15, 0.2) is 0 Å². The van der Waals surface area contributed by atoms with Gasteiger partial charge in [-0.25, -0.2) is 5.84 Å². The largest absolute Gasteiger partial charge is 0.342 e. The lowest BCUT2D eigenvalue weighted by molar-refractivity contribution is -0.128. The highest BCUT2D eigenvalue weighted by molar-refractivity contribution is 5.75. The Balaban J connectivity index is 2.30. The van der Waals surface area contributed by atoms with E-state index in [0.717, 1.165) is 32.6 Å². The summed E-state index contributed by atoms with van der Waals surface area (Å²) in [7, 11) is 0. The van der Waals surface area contributed by atoms with Crippen LogP contribution in [0.2, 0.25) is 0 Å². The molecule has 1 aliphatic heterocycles. The maximum atomic E-state index is 11.2. The molecule has 6 nitrogen and oxygen atoms in total. The van der Waals surface area contributed by atoms with Crippen LogP contribution in [0.25, 0.3) is 0 Å². The van der Waals surface area contributed by atoms with Crippen LogP contribution in [-0.2, 0) is 9.59 Å². The fraction of sp³-hybridized carbons (Fsp3) is 0.800. The van der Waals surface area contributed by atoms with Crippen molar-refractivity contribution in [1.29, 1.82) is 0 Å². The van der Waals surface area contributed by atoms with Gasteiger partial charge in [-0.3, -0.25) is 15.0 Å². The first-order valence-corrected chi connectivity index (χ1v) is 5.61. The third kappa shape index (κ3) is 4.16. The molecule has 2 amide bonds. The summed E-state index contributed by atoms with van der Waals surface area (Å²) in [4.78, 5) is 26.2. The Kier molecular flexibility index (Phi) is 5.21. The molecule has 1 rings (SSSR count). The summed E-state index contributed by atoms with van der Waals surface area (Å²) >= 11 is 0. The minimum atomic E-state index is -0.146. The number of rotatable bonds is 3. The minimum Gasteiger partial charge on any atom is -0.342 e. The van der Waals surface area contributed by atoms with E-state index >= 15 is 0 Å². The Labute approximate surface area is 95.7 Å². The van der Waals surface area contributed by atoms with Crippen molar-refractivity contribution in [3.8, 4) is 0 Å². The number of nitrogens with two attached hydrogens (primary N) is 1. The molecule has 0 atom stereocenters. The highest BCUT2D eigenvalue weighted by Crippen LogP contribution is 2.03. The molecule has 0 spiro atoms. The molecule has 0 aliphatic carbocycles. The molecule has 1 heterocycles. The zero-order valence-electron chi connectivity index (χ0n) is 9.74. The van der Waals surface area contributed by atoms with E-state index in [1.54, 1.807) is 6.92 Å². The lowest BCUT2D eigenvalue weighted by Crippen LogP contribution is -2.36. The van der Waals surface area contributed by atoms with Crippen molar-refractivity contribution in [3.63, 3.8) is 0 Å². The van der Waals surface area contributed by atoms with Crippen molar-refractivity contribution in [2.45, 2.75) is 19.8 Å². The van der Waals surface area contributed by atoms with Crippen LogP contribution in [0.1, 0.15) is 19.8 Å². The Bertz CT molecular complexity index is 257. The summed E-state index contributed by atoms with van der Waals surface area (Å²) in [5.41, 5.74) is 2.12. The highest BCUT2D eigenvalue weighted by atomic mass is 16.2. The zero-order valence-corrected chi connectivity index (χ0v) is 9.74. The fourth-order valence-electron chi connectivity index (χ4n) is 1.84. The van der Waals surface area contributed by atoms with Crippen molar-refractivity contribution in [3.05, 3.63) is 0 Å². The van der Waals surface area contributed by atoms with Gasteiger partial charge in [-0.1, -0.05) is 0 Å². The molecule has 0 aromatic rings. The van der Waals surface area contributed by atoms with Crippen LogP contribution in [0, 0.1) is 0 Å². The van der Waals surface area contributed by atoms with E-state index < -0.39 is 0 Å². The zero-order chi connectivity index (χ0) is 12.0. The first kappa shape index (κ1) is 12.9. The van der Waals surface area contributed by atoms with Crippen molar-refractivity contribution in [2.75, 3.05) is 32.7 Å². The number of hydrogen-bond donors (Lipinski definition) is 2. The summed E-state index contributed by atoms with van der Waals surface area (Å²) in [6, 6.07) is 0. The lowest BCUT2D eigenvalue weighted by atomic mass is 10.3. The first-order valence-electron chi connectivity index (χ1n) is 5.61. The van der Waals surface area contributed by atoms with Crippen molar-refractivity contribution in [1.82, 2.24) is 15.2 Å². The van der Waals surface area contributed by atoms with Crippen LogP contribution in [0.15, 0.2) is 0 Å². The van der Waals surface area contributed by atoms with Gasteiger partial charge >= 0.3 is 0 Å². The van der Waals surface area contributed by atoms with E-state index in [9.17, 15) is 9.59 Å². The number of amides is 2. The summed E-state index contributed by atoms with van der Waals surface area (Å²) in [5.74, 6) is 4.99. The van der Waals surface area contributed by atoms with E-state index in [1.807, 2.05) is 4.90 Å². The molecule has 3 N–H and O–H groups in total. The number of nitrogens with one attached hydrogen (secondary N) is 1. The Morgan fingerprint density at radius 1 is 1.25 bits per heavy atom. The van der Waals surface area contributed by atoms with Gasteiger partial charge in [0.25, 0.3) is 0 Å². The normalized spacial score (nSPS) is 18.0. The van der Waals surface area contributed by atoms with Crippen LogP contribution < -0.4 is 11.3 Å². The molecule has 1 aliphatic rings. The smallest absolute Gasteiger partial charge is 0.235 e. The van der Waals surface area contributed by atoms with Crippen molar-refractivity contribution >= 4 is 11.8 Å². The molecule has 1 fully saturated rings. The molecule has 6 heteroatoms. The molecular formula is C10H20N4O2. The number of carbonyl (C=O) groups excluding carboxylic acids is 2. The summed E-state index contributed by atoms with van der Waals surface area (Å²) < 4.78 is 0. The summed E-state index contributed by atoms with van der Waals surface area (Å²) in [6.07, 6.45) is 1.38. The molecule has 0 unspecified atom stereocenters. The van der Waals surface area contributed by atoms with Gasteiger partial charge in [0.05, 0.1) is 0 Å². The van der Waals surface area contributed by atoms with Crippen molar-refractivity contribution < 1.29 is 9.59 Å². The standard InChI is InChI=1S/C10H20N4O2/c1-9(15)14-5-2-4-13(7-8-14)6-3-10(16)12-11/h2-8,11H2,1H3,(H,12,16). The molecule has 16 heavy (non-hydrogen) atoms. The van der Waals surface area contributed by atoms with E-state index in [4.69, 9.17) is 5.84 Å². The van der Waals surface area contributed by atoms with Gasteiger partial charge in [0, 0.05) is 39.5 Å². The second kappa shape index (κ2) is 6.44. The molecule has 0 radical (unpaired) electrons. The lowest BCUT2D eigenvalue weighted by Gasteiger charge is -2.20. The van der Waals surface area contributed by atoms with E-state index in [2.05, 4.69) is 10.3 Å². The van der Waals surface area contributed by atoms with Gasteiger partial charge in [0.1, 0.15) is 0 Å². The molecular weight excluding hydrogens is 208 g/mol. The average Bonchev–Trinajstić information content (AvgIpc) is 2.51. The number of nitrogens with zero attached hydrogens (tertiary/aromatic N) is 2. The number of hydrazine groups is 1. The van der Waals surface area contributed by atoms with Crippen LogP contribution in [0.4, 0.5) is 0 Å². The molecule has 0 bridgehead atoms. The van der Waals surface area contributed by atoms with E-state index in [1.165, 1.54) is 0 Å². The van der Waals surface area contributed by atoms with Crippen LogP contribution in [0.5, 0.6) is 0 Å². The molecule has 0 saturated carbocycles. The molecule has 1 saturated heterocycles. The summed E-state index contributed by atoms with van der Waals surface area (Å²) in [5, 5.41) is 0. The molecule has 0 aromatic carbocycles. The predicted octanol–water partition coefficient (Wildman–Crippen LogP) is -1.08. The second-order valence-electron chi connectivity index (χ2n) is 4.02. The maximum absolute atomic E-state index is 11.2. The van der Waals surface area contributed by atoms with Gasteiger partial charge in [-0.05, 0) is 13.0 Å². The fourth-order valence-corrected chi connectivity index (χ4v) is 1.84. The predicted molar refractivity (Wildman–Crippen MR) is 60.3 cm³/mol. The molecule has 92 valence electrons. The van der Waals surface area contributed by atoms with Crippen molar-refractivity contribution in [2.24, 2.45) is 5.84 Å². The Morgan fingerprint density at radius 2 is 2.00 bits per heavy atom. The van der Waals surface area contributed by atoms with E-state index in [-0.39, 0.29) is 11.8 Å². The topological polar surface area (TPSA) is 78.7 Å². The van der Waals surface area contributed by atoms with Crippen LogP contribution in [-0.4, -0.2) is 54.3 Å². The van der Waals surface area contributed by atoms with Crippen LogP contribution in [0.3, 0.4) is 0 Å². The van der Waals surface area contributed by atoms with Gasteiger partial charge in [0.2, 0.25) is 11.8 Å². The monoisotopic (exact) mass is 228 g/mol. The van der Waals surface area contributed by atoms with Gasteiger partial charge in [-0.15, -0.1) is 0 Å². The average molecular weight is 228 g/mol. The molecule has 0 aromatic heterocycles. The second-order valence-corrected chi connectivity index (χ2v) is 4.02. The van der Waals surface area contributed by atoms with E-state index in [0.29, 0.717) is 13.0 Å². The SMILES string of the molecule is CC(=O)N1CCCN(CCC(=O)NN)CC1. The van der Waals surface area contributed by atoms with Gasteiger partial charge < -0.3 is 9.80 Å². The minimum absolute atomic E-state index is 0.126. The van der Waals surface area contributed by atoms with Crippen LogP contribution >= 0.6 is 0 Å². The summed E-state index contributed by atoms with van der Waals surface area (Å²) in [6.45, 7) is 5.62. The highest BCUT2D eigenvalue weighted by Gasteiger charge is 2.16. The van der Waals surface area contributed by atoms with Gasteiger partial charge in [-0.2, -0.15) is 0 Å². The Morgan fingerprint density at radius 3 is 2.62 bits per heavy atom. The third-order valence-electron chi connectivity index (χ3n) is 2.85. The first-order chi connectivity index (χ1) is 7.63. The third-order valence-corrected chi connectivity index (χ3v) is 2.85. The Hall–Kier alpha value is -1.14.